The number of benzene rings is 2. The first-order valence-electron chi connectivity index (χ1n) is 9.92. The second-order valence-electron chi connectivity index (χ2n) is 7.50. The summed E-state index contributed by atoms with van der Waals surface area (Å²) in [7, 11) is -4.17. The van der Waals surface area contributed by atoms with Crippen LogP contribution >= 0.6 is 7.37 Å². The van der Waals surface area contributed by atoms with Gasteiger partial charge in [-0.3, -0.25) is 14.2 Å². The van der Waals surface area contributed by atoms with Gasteiger partial charge in [-0.2, -0.15) is 0 Å². The van der Waals surface area contributed by atoms with Crippen LogP contribution in [0.2, 0.25) is 0 Å². The minimum atomic E-state index is -4.17. The van der Waals surface area contributed by atoms with E-state index in [1.807, 2.05) is 42.5 Å². The van der Waals surface area contributed by atoms with Gasteiger partial charge in [0, 0.05) is 12.6 Å². The Hall–Kier alpha value is -2.17. The summed E-state index contributed by atoms with van der Waals surface area (Å²) >= 11 is 0. The molecule has 0 amide bonds. The van der Waals surface area contributed by atoms with Crippen LogP contribution in [0.15, 0.2) is 42.5 Å². The number of hydrogen-bond donors (Lipinski definition) is 3. The molecule has 0 aliphatic carbocycles. The molecule has 0 heterocycles. The SMILES string of the molecule is CCC(CC(=O)O)C(CC)(C(=O)O)P(=O)(O)CCCc1ccc2ccccc2c1. The maximum absolute atomic E-state index is 13.3. The normalized spacial score (nSPS) is 16.7. The molecule has 7 heteroatoms. The molecular weight excluding hydrogens is 391 g/mol. The Bertz CT molecular complexity index is 924. The molecule has 3 N–H and O–H groups in total. The number of carboxylic acids is 2. The second-order valence-corrected chi connectivity index (χ2v) is 10.1. The van der Waals surface area contributed by atoms with E-state index in [9.17, 15) is 24.2 Å². The molecule has 0 radical (unpaired) electrons. The molecule has 3 unspecified atom stereocenters. The van der Waals surface area contributed by atoms with Gasteiger partial charge in [0.25, 0.3) is 0 Å². The van der Waals surface area contributed by atoms with Crippen LogP contribution in [-0.2, 0) is 20.6 Å². The van der Waals surface area contributed by atoms with Crippen molar-refractivity contribution in [2.45, 2.75) is 51.1 Å². The predicted octanol–water partition coefficient (Wildman–Crippen LogP) is 4.78. The molecule has 0 aliphatic heterocycles. The third kappa shape index (κ3) is 4.88. The first-order chi connectivity index (χ1) is 13.7. The maximum atomic E-state index is 13.3. The van der Waals surface area contributed by atoms with Crippen molar-refractivity contribution in [1.29, 1.82) is 0 Å². The Morgan fingerprint density at radius 1 is 1.07 bits per heavy atom. The van der Waals surface area contributed by atoms with E-state index in [1.54, 1.807) is 13.8 Å². The molecule has 2 rings (SSSR count). The third-order valence-electron chi connectivity index (χ3n) is 5.86. The van der Waals surface area contributed by atoms with Crippen molar-refractivity contribution in [1.82, 2.24) is 0 Å². The van der Waals surface area contributed by atoms with E-state index in [1.165, 1.54) is 0 Å². The molecule has 0 saturated carbocycles. The molecular formula is C22H29O6P. The number of carbonyl (C=O) groups is 2. The van der Waals surface area contributed by atoms with Crippen molar-refractivity contribution in [2.24, 2.45) is 5.92 Å². The highest BCUT2D eigenvalue weighted by Gasteiger charge is 2.56. The molecule has 0 saturated heterocycles. The van der Waals surface area contributed by atoms with Crippen LogP contribution in [0.1, 0.15) is 45.1 Å². The Morgan fingerprint density at radius 3 is 2.28 bits per heavy atom. The van der Waals surface area contributed by atoms with Crippen LogP contribution < -0.4 is 0 Å². The molecule has 2 aromatic carbocycles. The van der Waals surface area contributed by atoms with E-state index >= 15 is 0 Å². The van der Waals surface area contributed by atoms with Crippen molar-refractivity contribution >= 4 is 30.1 Å². The summed E-state index contributed by atoms with van der Waals surface area (Å²) in [5, 5.41) is 19.3. The van der Waals surface area contributed by atoms with Crippen LogP contribution in [0.3, 0.4) is 0 Å². The van der Waals surface area contributed by atoms with Gasteiger partial charge < -0.3 is 15.1 Å². The highest BCUT2D eigenvalue weighted by Crippen LogP contribution is 2.61. The van der Waals surface area contributed by atoms with Crippen molar-refractivity contribution in [3.05, 3.63) is 48.0 Å². The molecule has 3 atom stereocenters. The summed E-state index contributed by atoms with van der Waals surface area (Å²) in [6.45, 7) is 3.21. The highest BCUT2D eigenvalue weighted by molar-refractivity contribution is 7.60. The molecule has 158 valence electrons. The van der Waals surface area contributed by atoms with Gasteiger partial charge in [-0.1, -0.05) is 62.7 Å². The van der Waals surface area contributed by atoms with Gasteiger partial charge in [0.05, 0.1) is 0 Å². The van der Waals surface area contributed by atoms with Gasteiger partial charge in [-0.25, -0.2) is 0 Å². The van der Waals surface area contributed by atoms with Gasteiger partial charge in [0.1, 0.15) is 5.16 Å². The number of aliphatic carboxylic acids is 2. The number of rotatable bonds is 11. The number of hydrogen-bond acceptors (Lipinski definition) is 3. The van der Waals surface area contributed by atoms with E-state index < -0.39 is 36.8 Å². The largest absolute Gasteiger partial charge is 0.481 e. The Morgan fingerprint density at radius 2 is 1.72 bits per heavy atom. The summed E-state index contributed by atoms with van der Waals surface area (Å²) < 4.78 is 13.3. The molecule has 6 nitrogen and oxygen atoms in total. The lowest BCUT2D eigenvalue weighted by Gasteiger charge is -2.38. The lowest BCUT2D eigenvalue weighted by molar-refractivity contribution is -0.144. The fourth-order valence-corrected chi connectivity index (χ4v) is 6.87. The maximum Gasteiger partial charge on any atom is 0.319 e. The predicted molar refractivity (Wildman–Crippen MR) is 114 cm³/mol. The van der Waals surface area contributed by atoms with Gasteiger partial charge in [0.2, 0.25) is 7.37 Å². The van der Waals surface area contributed by atoms with E-state index in [2.05, 4.69) is 0 Å². The quantitative estimate of drug-likeness (QED) is 0.451. The average molecular weight is 420 g/mol. The summed E-state index contributed by atoms with van der Waals surface area (Å²) in [5.74, 6) is -3.45. The summed E-state index contributed by atoms with van der Waals surface area (Å²) in [4.78, 5) is 34.2. The molecule has 0 spiro atoms. The van der Waals surface area contributed by atoms with Gasteiger partial charge >= 0.3 is 11.9 Å². The van der Waals surface area contributed by atoms with E-state index in [-0.39, 0.29) is 19.0 Å². The van der Waals surface area contributed by atoms with Crippen LogP contribution in [0.5, 0.6) is 0 Å². The van der Waals surface area contributed by atoms with E-state index in [4.69, 9.17) is 5.11 Å². The molecule has 0 fully saturated rings. The number of aryl methyl sites for hydroxylation is 1. The lowest BCUT2D eigenvalue weighted by atomic mass is 9.84. The van der Waals surface area contributed by atoms with Crippen LogP contribution in [0.4, 0.5) is 0 Å². The zero-order valence-corrected chi connectivity index (χ0v) is 17.8. The fourth-order valence-electron chi connectivity index (χ4n) is 4.25. The Balaban J connectivity index is 2.21. The minimum Gasteiger partial charge on any atom is -0.481 e. The molecule has 2 aromatic rings. The van der Waals surface area contributed by atoms with E-state index in [0.29, 0.717) is 12.8 Å². The van der Waals surface area contributed by atoms with Crippen LogP contribution in [0, 0.1) is 5.92 Å². The minimum absolute atomic E-state index is 0.0854. The fraction of sp³-hybridized carbons (Fsp3) is 0.455. The Labute approximate surface area is 171 Å². The smallest absolute Gasteiger partial charge is 0.319 e. The Kier molecular flexibility index (Phi) is 7.61. The zero-order chi connectivity index (χ0) is 21.7. The van der Waals surface area contributed by atoms with E-state index in [0.717, 1.165) is 16.3 Å². The van der Waals surface area contributed by atoms with Crippen molar-refractivity contribution < 1.29 is 29.3 Å². The number of carboxylic acid groups (broad SMARTS) is 2. The second kappa shape index (κ2) is 9.55. The van der Waals surface area contributed by atoms with Crippen molar-refractivity contribution in [3.63, 3.8) is 0 Å². The van der Waals surface area contributed by atoms with Crippen molar-refractivity contribution in [3.8, 4) is 0 Å². The summed E-state index contributed by atoms with van der Waals surface area (Å²) in [5.41, 5.74) is 1.01. The van der Waals surface area contributed by atoms with Crippen LogP contribution in [-0.4, -0.2) is 38.4 Å². The average Bonchev–Trinajstić information content (AvgIpc) is 2.67. The molecule has 0 aromatic heterocycles. The summed E-state index contributed by atoms with van der Waals surface area (Å²) in [6.07, 6.45) is 0.427. The zero-order valence-electron chi connectivity index (χ0n) is 16.9. The first kappa shape index (κ1) is 23.1. The van der Waals surface area contributed by atoms with Crippen molar-refractivity contribution in [2.75, 3.05) is 6.16 Å². The first-order valence-corrected chi connectivity index (χ1v) is 11.8. The summed E-state index contributed by atoms with van der Waals surface area (Å²) in [6, 6.07) is 13.9. The van der Waals surface area contributed by atoms with Gasteiger partial charge in [-0.05, 0) is 41.5 Å². The molecule has 29 heavy (non-hydrogen) atoms. The third-order valence-corrected chi connectivity index (χ3v) is 8.90. The standard InChI is InChI=1S/C22H29O6P/c1-3-19(15-20(23)24)22(4-2,21(25)26)29(27,28)13-7-8-16-11-12-17-9-5-6-10-18(17)14-16/h5-6,9-12,14,19H,3-4,7-8,13,15H2,1-2H3,(H,23,24)(H,25,26)(H,27,28). The van der Waals surface area contributed by atoms with Crippen LogP contribution in [0.25, 0.3) is 10.8 Å². The monoisotopic (exact) mass is 420 g/mol. The highest BCUT2D eigenvalue weighted by atomic mass is 31.2. The molecule has 0 bridgehead atoms. The van der Waals surface area contributed by atoms with Gasteiger partial charge in [0.15, 0.2) is 0 Å². The molecule has 0 aliphatic rings. The van der Waals surface area contributed by atoms with Gasteiger partial charge in [-0.15, -0.1) is 0 Å². The topological polar surface area (TPSA) is 112 Å². The lowest BCUT2D eigenvalue weighted by Crippen LogP contribution is -2.46. The number of fused-ring (bicyclic) bond motifs is 1.